The molecule has 0 saturated carbocycles. The number of halogens is 1. The van der Waals surface area contributed by atoms with Crippen LogP contribution in [0.1, 0.15) is 16.7 Å². The quantitative estimate of drug-likeness (QED) is 0.876. The van der Waals surface area contributed by atoms with Crippen molar-refractivity contribution in [1.82, 2.24) is 14.8 Å². The van der Waals surface area contributed by atoms with Gasteiger partial charge in [0.05, 0.1) is 6.54 Å². The van der Waals surface area contributed by atoms with E-state index in [1.165, 1.54) is 11.1 Å². The molecule has 1 fully saturated rings. The summed E-state index contributed by atoms with van der Waals surface area (Å²) in [5.74, 6) is 0.00620. The Balaban J connectivity index is 1.46. The number of piperazine rings is 1. The number of hydrogen-bond donors (Lipinski definition) is 1. The minimum atomic E-state index is 0.00620. The van der Waals surface area contributed by atoms with E-state index in [0.717, 1.165) is 44.0 Å². The summed E-state index contributed by atoms with van der Waals surface area (Å²) in [5, 5.41) is 3.64. The number of pyridine rings is 1. The Labute approximate surface area is 160 Å². The fourth-order valence-electron chi connectivity index (χ4n) is 3.20. The van der Waals surface area contributed by atoms with Crippen LogP contribution in [-0.2, 0) is 11.3 Å². The molecule has 138 valence electrons. The highest BCUT2D eigenvalue weighted by Crippen LogP contribution is 2.22. The highest BCUT2D eigenvalue weighted by molar-refractivity contribution is 6.31. The molecule has 1 aliphatic rings. The molecule has 3 rings (SSSR count). The molecular weight excluding hydrogens is 348 g/mol. The number of aryl methyl sites for hydroxylation is 1. The van der Waals surface area contributed by atoms with Crippen molar-refractivity contribution in [2.45, 2.75) is 20.4 Å². The average molecular weight is 373 g/mol. The molecule has 1 aliphatic heterocycles. The van der Waals surface area contributed by atoms with E-state index in [1.54, 1.807) is 0 Å². The van der Waals surface area contributed by atoms with Crippen molar-refractivity contribution in [3.05, 3.63) is 58.4 Å². The monoisotopic (exact) mass is 372 g/mol. The third-order valence-electron chi connectivity index (χ3n) is 4.71. The third-order valence-corrected chi connectivity index (χ3v) is 5.12. The van der Waals surface area contributed by atoms with Crippen LogP contribution in [0.2, 0.25) is 5.02 Å². The van der Waals surface area contributed by atoms with Crippen molar-refractivity contribution in [1.29, 1.82) is 0 Å². The maximum Gasteiger partial charge on any atom is 0.238 e. The van der Waals surface area contributed by atoms with Gasteiger partial charge in [-0.3, -0.25) is 19.6 Å². The molecular formula is C20H25ClN4O. The molecule has 1 saturated heterocycles. The maximum absolute atomic E-state index is 12.3. The fourth-order valence-corrected chi connectivity index (χ4v) is 3.38. The van der Waals surface area contributed by atoms with Crippen molar-refractivity contribution in [2.75, 3.05) is 38.0 Å². The zero-order valence-corrected chi connectivity index (χ0v) is 16.1. The van der Waals surface area contributed by atoms with Crippen LogP contribution in [0.3, 0.4) is 0 Å². The van der Waals surface area contributed by atoms with Crippen LogP contribution in [-0.4, -0.2) is 53.4 Å². The first kappa shape index (κ1) is 18.8. The molecule has 2 aromatic rings. The van der Waals surface area contributed by atoms with Gasteiger partial charge in [0.25, 0.3) is 0 Å². The lowest BCUT2D eigenvalue weighted by molar-refractivity contribution is -0.117. The number of aromatic nitrogens is 1. The lowest BCUT2D eigenvalue weighted by Crippen LogP contribution is -2.48. The number of amides is 1. The first-order valence-corrected chi connectivity index (χ1v) is 9.29. The van der Waals surface area contributed by atoms with Crippen LogP contribution in [0.4, 0.5) is 5.69 Å². The van der Waals surface area contributed by atoms with Crippen LogP contribution in [0.15, 0.2) is 36.7 Å². The number of carbonyl (C=O) groups excluding carboxylic acids is 1. The second-order valence-electron chi connectivity index (χ2n) is 6.88. The summed E-state index contributed by atoms with van der Waals surface area (Å²) in [6.45, 7) is 8.99. The number of nitrogens with one attached hydrogen (secondary N) is 1. The number of anilines is 1. The van der Waals surface area contributed by atoms with Gasteiger partial charge in [-0.1, -0.05) is 23.7 Å². The molecule has 0 bridgehead atoms. The zero-order chi connectivity index (χ0) is 18.5. The van der Waals surface area contributed by atoms with Crippen LogP contribution in [0.5, 0.6) is 0 Å². The minimum Gasteiger partial charge on any atom is -0.325 e. The normalized spacial score (nSPS) is 15.8. The van der Waals surface area contributed by atoms with Crippen molar-refractivity contribution in [3.8, 4) is 0 Å². The molecule has 1 aromatic heterocycles. The van der Waals surface area contributed by atoms with Gasteiger partial charge in [0.1, 0.15) is 0 Å². The molecule has 5 nitrogen and oxygen atoms in total. The molecule has 1 amide bonds. The molecule has 1 aromatic carbocycles. The summed E-state index contributed by atoms with van der Waals surface area (Å²) in [4.78, 5) is 21.2. The van der Waals surface area contributed by atoms with Gasteiger partial charge in [-0.05, 0) is 42.7 Å². The summed E-state index contributed by atoms with van der Waals surface area (Å²) in [5.41, 5.74) is 4.12. The number of benzene rings is 1. The first-order chi connectivity index (χ1) is 12.5. The summed E-state index contributed by atoms with van der Waals surface area (Å²) < 4.78 is 0. The molecule has 26 heavy (non-hydrogen) atoms. The number of hydrogen-bond acceptors (Lipinski definition) is 4. The lowest BCUT2D eigenvalue weighted by Gasteiger charge is -2.34. The van der Waals surface area contributed by atoms with Crippen molar-refractivity contribution in [3.63, 3.8) is 0 Å². The summed E-state index contributed by atoms with van der Waals surface area (Å²) >= 11 is 6.11. The van der Waals surface area contributed by atoms with E-state index < -0.39 is 0 Å². The van der Waals surface area contributed by atoms with Gasteiger partial charge in [-0.2, -0.15) is 0 Å². The Hall–Kier alpha value is -1.95. The average Bonchev–Trinajstić information content (AvgIpc) is 2.61. The predicted molar refractivity (Wildman–Crippen MR) is 106 cm³/mol. The second kappa shape index (κ2) is 8.62. The van der Waals surface area contributed by atoms with Crippen LogP contribution >= 0.6 is 11.6 Å². The first-order valence-electron chi connectivity index (χ1n) is 8.91. The SMILES string of the molecule is Cc1cncc(CN2CCN(CC(=O)Nc3cccc(Cl)c3C)CC2)c1. The minimum absolute atomic E-state index is 0.00620. The van der Waals surface area contributed by atoms with Gasteiger partial charge in [0.15, 0.2) is 0 Å². The summed E-state index contributed by atoms with van der Waals surface area (Å²) in [7, 11) is 0. The van der Waals surface area contributed by atoms with Crippen LogP contribution in [0, 0.1) is 13.8 Å². The third kappa shape index (κ3) is 5.04. The maximum atomic E-state index is 12.3. The second-order valence-corrected chi connectivity index (χ2v) is 7.29. The molecule has 0 atom stereocenters. The van der Waals surface area contributed by atoms with Gasteiger partial charge in [0.2, 0.25) is 5.91 Å². The molecule has 0 radical (unpaired) electrons. The Morgan fingerprint density at radius 3 is 2.62 bits per heavy atom. The molecule has 6 heteroatoms. The lowest BCUT2D eigenvalue weighted by atomic mass is 10.2. The van der Waals surface area contributed by atoms with Gasteiger partial charge in [0, 0.05) is 55.8 Å². The number of carbonyl (C=O) groups is 1. The number of rotatable bonds is 5. The van der Waals surface area contributed by atoms with E-state index in [-0.39, 0.29) is 5.91 Å². The van der Waals surface area contributed by atoms with E-state index in [9.17, 15) is 4.79 Å². The number of nitrogens with zero attached hydrogens (tertiary/aromatic N) is 3. The van der Waals surface area contributed by atoms with Gasteiger partial charge in [-0.15, -0.1) is 0 Å². The van der Waals surface area contributed by atoms with E-state index >= 15 is 0 Å². The van der Waals surface area contributed by atoms with Crippen molar-refractivity contribution in [2.24, 2.45) is 0 Å². The van der Waals surface area contributed by atoms with Crippen LogP contribution < -0.4 is 5.32 Å². The summed E-state index contributed by atoms with van der Waals surface area (Å²) in [6, 6.07) is 7.74. The zero-order valence-electron chi connectivity index (χ0n) is 15.3. The van der Waals surface area contributed by atoms with E-state index in [2.05, 4.69) is 33.1 Å². The highest BCUT2D eigenvalue weighted by Gasteiger charge is 2.19. The van der Waals surface area contributed by atoms with Crippen LogP contribution in [0.25, 0.3) is 0 Å². The highest BCUT2D eigenvalue weighted by atomic mass is 35.5. The molecule has 0 unspecified atom stereocenters. The topological polar surface area (TPSA) is 48.5 Å². The smallest absolute Gasteiger partial charge is 0.238 e. The standard InChI is InChI=1S/C20H25ClN4O/c1-15-10-17(12-22-11-15)13-24-6-8-25(9-7-24)14-20(26)23-19-5-3-4-18(21)16(19)2/h3-5,10-12H,6-9,13-14H2,1-2H3,(H,23,26). The van der Waals surface area contributed by atoms with E-state index in [0.29, 0.717) is 11.6 Å². The molecule has 0 spiro atoms. The van der Waals surface area contributed by atoms with E-state index in [4.69, 9.17) is 11.6 Å². The molecule has 0 aliphatic carbocycles. The summed E-state index contributed by atoms with van der Waals surface area (Å²) in [6.07, 6.45) is 3.81. The van der Waals surface area contributed by atoms with Gasteiger partial charge < -0.3 is 5.32 Å². The largest absolute Gasteiger partial charge is 0.325 e. The fraction of sp³-hybridized carbons (Fsp3) is 0.400. The van der Waals surface area contributed by atoms with Crippen molar-refractivity contribution >= 4 is 23.2 Å². The Morgan fingerprint density at radius 2 is 1.88 bits per heavy atom. The Kier molecular flexibility index (Phi) is 6.25. The van der Waals surface area contributed by atoms with Gasteiger partial charge in [-0.25, -0.2) is 0 Å². The van der Waals surface area contributed by atoms with E-state index in [1.807, 2.05) is 37.5 Å². The Morgan fingerprint density at radius 1 is 1.15 bits per heavy atom. The van der Waals surface area contributed by atoms with Gasteiger partial charge >= 0.3 is 0 Å². The van der Waals surface area contributed by atoms with Crippen molar-refractivity contribution < 1.29 is 4.79 Å². The molecule has 1 N–H and O–H groups in total. The molecule has 2 heterocycles. The Bertz CT molecular complexity index is 772. The predicted octanol–water partition coefficient (Wildman–Crippen LogP) is 3.11.